The van der Waals surface area contributed by atoms with Crippen LogP contribution in [0, 0.1) is 6.92 Å². The zero-order valence-electron chi connectivity index (χ0n) is 10.2. The summed E-state index contributed by atoms with van der Waals surface area (Å²) in [5, 5.41) is 4.18. The smallest absolute Gasteiger partial charge is 0.0671 e. The van der Waals surface area contributed by atoms with Crippen LogP contribution < -0.4 is 5.32 Å². The van der Waals surface area contributed by atoms with E-state index in [2.05, 4.69) is 18.3 Å². The molecule has 1 aromatic rings. The first-order chi connectivity index (χ1) is 7.63. The lowest BCUT2D eigenvalue weighted by molar-refractivity contribution is 0.0759. The molecule has 3 heteroatoms. The van der Waals surface area contributed by atoms with Gasteiger partial charge in [0.15, 0.2) is 0 Å². The van der Waals surface area contributed by atoms with Gasteiger partial charge in [-0.3, -0.25) is 0 Å². The summed E-state index contributed by atoms with van der Waals surface area (Å²) in [6, 6.07) is 6.15. The Morgan fingerprint density at radius 2 is 2.19 bits per heavy atom. The zero-order valence-corrected chi connectivity index (χ0v) is 11.0. The molecule has 1 aromatic carbocycles. The van der Waals surface area contributed by atoms with Gasteiger partial charge in [-0.15, -0.1) is 0 Å². The molecule has 1 unspecified atom stereocenters. The molecule has 1 N–H and O–H groups in total. The van der Waals surface area contributed by atoms with E-state index in [1.165, 1.54) is 5.56 Å². The van der Waals surface area contributed by atoms with Gasteiger partial charge in [-0.05, 0) is 38.0 Å². The Hall–Kier alpha value is -0.570. The molecule has 0 fully saturated rings. The third kappa shape index (κ3) is 4.52. The van der Waals surface area contributed by atoms with Crippen LogP contribution in [0.3, 0.4) is 0 Å². The van der Waals surface area contributed by atoms with Crippen molar-refractivity contribution in [2.75, 3.05) is 13.2 Å². The SMILES string of the molecule is CCOC(C)CNCc1ccc(C)c(Cl)c1. The maximum Gasteiger partial charge on any atom is 0.0671 e. The van der Waals surface area contributed by atoms with Crippen molar-refractivity contribution in [2.45, 2.75) is 33.4 Å². The maximum atomic E-state index is 6.05. The molecule has 1 rings (SSSR count). The minimum Gasteiger partial charge on any atom is -0.377 e. The second-order valence-corrected chi connectivity index (χ2v) is 4.39. The molecule has 2 nitrogen and oxygen atoms in total. The molecule has 16 heavy (non-hydrogen) atoms. The molecule has 1 atom stereocenters. The number of benzene rings is 1. The first kappa shape index (κ1) is 13.5. The van der Waals surface area contributed by atoms with Gasteiger partial charge in [0, 0.05) is 24.7 Å². The van der Waals surface area contributed by atoms with Gasteiger partial charge in [0.2, 0.25) is 0 Å². The largest absolute Gasteiger partial charge is 0.377 e. The third-order valence-electron chi connectivity index (χ3n) is 2.45. The number of rotatable bonds is 6. The van der Waals surface area contributed by atoms with Crippen molar-refractivity contribution < 1.29 is 4.74 Å². The normalized spacial score (nSPS) is 12.8. The van der Waals surface area contributed by atoms with E-state index in [-0.39, 0.29) is 6.10 Å². The van der Waals surface area contributed by atoms with E-state index in [1.54, 1.807) is 0 Å². The van der Waals surface area contributed by atoms with Crippen LogP contribution in [0.15, 0.2) is 18.2 Å². The van der Waals surface area contributed by atoms with E-state index in [1.807, 2.05) is 26.0 Å². The second-order valence-electron chi connectivity index (χ2n) is 3.98. The molecular weight excluding hydrogens is 222 g/mol. The minimum atomic E-state index is 0.255. The molecule has 0 bridgehead atoms. The van der Waals surface area contributed by atoms with Gasteiger partial charge in [0.1, 0.15) is 0 Å². The van der Waals surface area contributed by atoms with E-state index in [0.717, 1.165) is 30.3 Å². The van der Waals surface area contributed by atoms with E-state index >= 15 is 0 Å². The van der Waals surface area contributed by atoms with Crippen LogP contribution in [0.5, 0.6) is 0 Å². The molecule has 90 valence electrons. The molecule has 0 heterocycles. The van der Waals surface area contributed by atoms with Crippen molar-refractivity contribution in [3.05, 3.63) is 34.3 Å². The lowest BCUT2D eigenvalue weighted by atomic mass is 10.1. The quantitative estimate of drug-likeness (QED) is 0.826. The maximum absolute atomic E-state index is 6.05. The summed E-state index contributed by atoms with van der Waals surface area (Å²) in [7, 11) is 0. The van der Waals surface area contributed by atoms with Gasteiger partial charge in [-0.2, -0.15) is 0 Å². The predicted molar refractivity (Wildman–Crippen MR) is 69.0 cm³/mol. The number of aryl methyl sites for hydroxylation is 1. The highest BCUT2D eigenvalue weighted by Crippen LogP contribution is 2.16. The van der Waals surface area contributed by atoms with Crippen molar-refractivity contribution >= 4 is 11.6 Å². The fourth-order valence-corrected chi connectivity index (χ4v) is 1.71. The fourth-order valence-electron chi connectivity index (χ4n) is 1.51. The molecular formula is C13H20ClNO. The molecule has 0 aliphatic rings. The third-order valence-corrected chi connectivity index (χ3v) is 2.86. The predicted octanol–water partition coefficient (Wildman–Crippen LogP) is 3.16. The highest BCUT2D eigenvalue weighted by Gasteiger charge is 2.01. The molecule has 0 aliphatic heterocycles. The van der Waals surface area contributed by atoms with E-state index in [4.69, 9.17) is 16.3 Å². The van der Waals surface area contributed by atoms with Crippen LogP contribution in [0.2, 0.25) is 5.02 Å². The monoisotopic (exact) mass is 241 g/mol. The van der Waals surface area contributed by atoms with Crippen molar-refractivity contribution in [1.82, 2.24) is 5.32 Å². The first-order valence-electron chi connectivity index (χ1n) is 5.70. The molecule has 0 saturated carbocycles. The summed E-state index contributed by atoms with van der Waals surface area (Å²) in [6.45, 7) is 8.54. The second kappa shape index (κ2) is 6.89. The van der Waals surface area contributed by atoms with Crippen molar-refractivity contribution in [3.8, 4) is 0 Å². The number of nitrogens with one attached hydrogen (secondary N) is 1. The standard InChI is InChI=1S/C13H20ClNO/c1-4-16-11(3)8-15-9-12-6-5-10(2)13(14)7-12/h5-7,11,15H,4,8-9H2,1-3H3. The highest BCUT2D eigenvalue weighted by molar-refractivity contribution is 6.31. The van der Waals surface area contributed by atoms with Gasteiger partial charge in [-0.25, -0.2) is 0 Å². The summed E-state index contributed by atoms with van der Waals surface area (Å²) in [6.07, 6.45) is 0.255. The van der Waals surface area contributed by atoms with Crippen LogP contribution in [-0.2, 0) is 11.3 Å². The molecule has 0 spiro atoms. The molecule has 0 amide bonds. The lowest BCUT2D eigenvalue weighted by Gasteiger charge is -2.12. The molecule has 0 aromatic heterocycles. The van der Waals surface area contributed by atoms with E-state index < -0.39 is 0 Å². The van der Waals surface area contributed by atoms with E-state index in [0.29, 0.717) is 0 Å². The van der Waals surface area contributed by atoms with E-state index in [9.17, 15) is 0 Å². The van der Waals surface area contributed by atoms with Gasteiger partial charge in [0.05, 0.1) is 6.10 Å². The van der Waals surface area contributed by atoms with Gasteiger partial charge < -0.3 is 10.1 Å². The average Bonchev–Trinajstić information content (AvgIpc) is 2.24. The number of ether oxygens (including phenoxy) is 1. The molecule has 0 radical (unpaired) electrons. The topological polar surface area (TPSA) is 21.3 Å². The summed E-state index contributed by atoms with van der Waals surface area (Å²) in [4.78, 5) is 0. The number of halogens is 1. The lowest BCUT2D eigenvalue weighted by Crippen LogP contribution is -2.26. The van der Waals surface area contributed by atoms with Crippen LogP contribution in [0.1, 0.15) is 25.0 Å². The van der Waals surface area contributed by atoms with Crippen LogP contribution in [-0.4, -0.2) is 19.3 Å². The first-order valence-corrected chi connectivity index (χ1v) is 6.08. The summed E-state index contributed by atoms with van der Waals surface area (Å²) in [5.41, 5.74) is 2.33. The Kier molecular flexibility index (Phi) is 5.81. The molecule has 0 aliphatic carbocycles. The molecule has 0 saturated heterocycles. The fraction of sp³-hybridized carbons (Fsp3) is 0.538. The number of hydrogen-bond donors (Lipinski definition) is 1. The van der Waals surface area contributed by atoms with Crippen molar-refractivity contribution in [3.63, 3.8) is 0 Å². The van der Waals surface area contributed by atoms with Gasteiger partial charge in [0.25, 0.3) is 0 Å². The summed E-state index contributed by atoms with van der Waals surface area (Å²) < 4.78 is 5.43. The Morgan fingerprint density at radius 3 is 2.81 bits per heavy atom. The zero-order chi connectivity index (χ0) is 12.0. The van der Waals surface area contributed by atoms with Crippen LogP contribution in [0.4, 0.5) is 0 Å². The Bertz CT molecular complexity index is 328. The average molecular weight is 242 g/mol. The van der Waals surface area contributed by atoms with Crippen molar-refractivity contribution in [1.29, 1.82) is 0 Å². The Balaban J connectivity index is 2.34. The number of hydrogen-bond acceptors (Lipinski definition) is 2. The van der Waals surface area contributed by atoms with Crippen molar-refractivity contribution in [2.24, 2.45) is 0 Å². The van der Waals surface area contributed by atoms with Gasteiger partial charge in [-0.1, -0.05) is 23.7 Å². The van der Waals surface area contributed by atoms with Crippen LogP contribution in [0.25, 0.3) is 0 Å². The van der Waals surface area contributed by atoms with Gasteiger partial charge >= 0.3 is 0 Å². The summed E-state index contributed by atoms with van der Waals surface area (Å²) in [5.74, 6) is 0. The minimum absolute atomic E-state index is 0.255. The Labute approximate surface area is 103 Å². The highest BCUT2D eigenvalue weighted by atomic mass is 35.5. The Morgan fingerprint density at radius 1 is 1.44 bits per heavy atom. The van der Waals surface area contributed by atoms with Crippen LogP contribution >= 0.6 is 11.6 Å². The summed E-state index contributed by atoms with van der Waals surface area (Å²) >= 11 is 6.05.